The number of nitrogens with one attached hydrogen (secondary N) is 1. The van der Waals surface area contributed by atoms with E-state index in [2.05, 4.69) is 23.3 Å². The Morgan fingerprint density at radius 3 is 2.68 bits per heavy atom. The van der Waals surface area contributed by atoms with Crippen molar-refractivity contribution in [2.75, 3.05) is 39.8 Å². The molecule has 142 valence electrons. The summed E-state index contributed by atoms with van der Waals surface area (Å²) in [7, 11) is 2.08. The summed E-state index contributed by atoms with van der Waals surface area (Å²) < 4.78 is 0. The molecule has 2 aliphatic rings. The summed E-state index contributed by atoms with van der Waals surface area (Å²) in [4.78, 5) is 16.8. The zero-order valence-corrected chi connectivity index (χ0v) is 17.0. The lowest BCUT2D eigenvalue weighted by atomic mass is 9.99. The first-order valence-corrected chi connectivity index (χ1v) is 8.95. The minimum atomic E-state index is 0. The smallest absolute Gasteiger partial charge is 0.236 e. The Morgan fingerprint density at radius 2 is 2.00 bits per heavy atom. The molecule has 0 aromatic heterocycles. The zero-order valence-electron chi connectivity index (χ0n) is 14.6. The topological polar surface area (TPSA) is 35.6 Å². The molecule has 1 aromatic carbocycles. The second-order valence-corrected chi connectivity index (χ2v) is 7.21. The van der Waals surface area contributed by atoms with Gasteiger partial charge >= 0.3 is 0 Å². The minimum absolute atomic E-state index is 0. The van der Waals surface area contributed by atoms with Crippen molar-refractivity contribution < 1.29 is 4.79 Å². The third-order valence-corrected chi connectivity index (χ3v) is 5.41. The maximum Gasteiger partial charge on any atom is 0.236 e. The van der Waals surface area contributed by atoms with E-state index >= 15 is 0 Å². The van der Waals surface area contributed by atoms with Crippen LogP contribution in [0.25, 0.3) is 0 Å². The van der Waals surface area contributed by atoms with Crippen LogP contribution in [-0.4, -0.2) is 61.5 Å². The maximum atomic E-state index is 12.6. The quantitative estimate of drug-likeness (QED) is 0.831. The van der Waals surface area contributed by atoms with Gasteiger partial charge in [-0.2, -0.15) is 0 Å². The predicted molar refractivity (Wildman–Crippen MR) is 108 cm³/mol. The summed E-state index contributed by atoms with van der Waals surface area (Å²) in [5, 5.41) is 4.15. The molecule has 1 N–H and O–H groups in total. The number of likely N-dealkylation sites (tertiary alicyclic amines) is 1. The summed E-state index contributed by atoms with van der Waals surface area (Å²) >= 11 is 6.08. The minimum Gasteiger partial charge on any atom is -0.341 e. The number of carbonyl (C=O) groups is 1. The number of likely N-dealkylation sites (N-methyl/N-ethyl adjacent to an activating group) is 1. The van der Waals surface area contributed by atoms with E-state index in [4.69, 9.17) is 11.6 Å². The molecular formula is C18H28Cl3N3O. The summed E-state index contributed by atoms with van der Waals surface area (Å²) in [6.07, 6.45) is 3.30. The molecule has 4 nitrogen and oxygen atoms in total. The number of benzene rings is 1. The Hall–Kier alpha value is -0.520. The van der Waals surface area contributed by atoms with Crippen LogP contribution in [0, 0.1) is 0 Å². The molecule has 0 spiro atoms. The molecule has 1 aromatic rings. The third kappa shape index (κ3) is 6.00. The average molecular weight is 409 g/mol. The van der Waals surface area contributed by atoms with Gasteiger partial charge in [-0.3, -0.25) is 9.69 Å². The monoisotopic (exact) mass is 407 g/mol. The normalized spacial score (nSPS) is 20.9. The standard InChI is InChI=1S/C18H26ClN3O.2ClH/c1-21(17-5-8-20-9-6-17)13-18(23)22-10-7-15(12-22)14-3-2-4-16(19)11-14;;/h2-4,11,15,17,20H,5-10,12-13H2,1H3;2*1H. The number of amides is 1. The Balaban J connectivity index is 0.00000156. The lowest BCUT2D eigenvalue weighted by Gasteiger charge is -2.32. The van der Waals surface area contributed by atoms with E-state index in [0.717, 1.165) is 50.5 Å². The van der Waals surface area contributed by atoms with Crippen molar-refractivity contribution in [3.05, 3.63) is 34.9 Å². The fourth-order valence-electron chi connectivity index (χ4n) is 3.71. The molecule has 0 aliphatic carbocycles. The number of nitrogens with zero attached hydrogens (tertiary/aromatic N) is 2. The molecule has 0 radical (unpaired) electrons. The number of piperidine rings is 1. The van der Waals surface area contributed by atoms with Crippen molar-refractivity contribution in [1.82, 2.24) is 15.1 Å². The summed E-state index contributed by atoms with van der Waals surface area (Å²) in [5.74, 6) is 0.678. The lowest BCUT2D eigenvalue weighted by Crippen LogP contribution is -2.46. The Morgan fingerprint density at radius 1 is 1.28 bits per heavy atom. The van der Waals surface area contributed by atoms with E-state index in [-0.39, 0.29) is 30.7 Å². The summed E-state index contributed by atoms with van der Waals surface area (Å²) in [5.41, 5.74) is 1.25. The lowest BCUT2D eigenvalue weighted by molar-refractivity contribution is -0.131. The SMILES string of the molecule is CN(CC(=O)N1CCC(c2cccc(Cl)c2)C1)C1CCNCC1.Cl.Cl. The van der Waals surface area contributed by atoms with Crippen LogP contribution in [0.1, 0.15) is 30.7 Å². The van der Waals surface area contributed by atoms with Gasteiger partial charge in [-0.1, -0.05) is 23.7 Å². The molecular weight excluding hydrogens is 381 g/mol. The van der Waals surface area contributed by atoms with Crippen molar-refractivity contribution in [3.8, 4) is 0 Å². The second-order valence-electron chi connectivity index (χ2n) is 6.78. The first-order valence-electron chi connectivity index (χ1n) is 8.57. The van der Waals surface area contributed by atoms with Gasteiger partial charge in [0.05, 0.1) is 6.54 Å². The highest BCUT2D eigenvalue weighted by Gasteiger charge is 2.29. The number of carbonyl (C=O) groups excluding carboxylic acids is 1. The largest absolute Gasteiger partial charge is 0.341 e. The molecule has 7 heteroatoms. The van der Waals surface area contributed by atoms with Crippen LogP contribution < -0.4 is 5.32 Å². The Kier molecular flexibility index (Phi) is 9.54. The van der Waals surface area contributed by atoms with Crippen molar-refractivity contribution in [2.24, 2.45) is 0 Å². The van der Waals surface area contributed by atoms with E-state index in [0.29, 0.717) is 18.5 Å². The fraction of sp³-hybridized carbons (Fsp3) is 0.611. The highest BCUT2D eigenvalue weighted by atomic mass is 35.5. The van der Waals surface area contributed by atoms with Crippen LogP contribution in [0.2, 0.25) is 5.02 Å². The number of halogens is 3. The molecule has 1 amide bonds. The molecule has 1 atom stereocenters. The molecule has 0 saturated carbocycles. The van der Waals surface area contributed by atoms with Crippen LogP contribution in [-0.2, 0) is 4.79 Å². The first-order chi connectivity index (χ1) is 11.1. The van der Waals surface area contributed by atoms with Gasteiger partial charge in [0.15, 0.2) is 0 Å². The molecule has 1 unspecified atom stereocenters. The number of hydrogen-bond donors (Lipinski definition) is 1. The fourth-order valence-corrected chi connectivity index (χ4v) is 3.91. The van der Waals surface area contributed by atoms with Gasteiger partial charge < -0.3 is 10.2 Å². The van der Waals surface area contributed by atoms with Crippen molar-refractivity contribution >= 4 is 42.3 Å². The van der Waals surface area contributed by atoms with Crippen molar-refractivity contribution in [1.29, 1.82) is 0 Å². The van der Waals surface area contributed by atoms with Gasteiger partial charge in [0.25, 0.3) is 0 Å². The molecule has 2 saturated heterocycles. The maximum absolute atomic E-state index is 12.6. The van der Waals surface area contributed by atoms with Gasteiger partial charge in [-0.05, 0) is 57.1 Å². The van der Waals surface area contributed by atoms with E-state index in [9.17, 15) is 4.79 Å². The van der Waals surface area contributed by atoms with Crippen LogP contribution in [0.3, 0.4) is 0 Å². The summed E-state index contributed by atoms with van der Waals surface area (Å²) in [6.45, 7) is 4.33. The predicted octanol–water partition coefficient (Wildman–Crippen LogP) is 3.18. The molecule has 2 heterocycles. The van der Waals surface area contributed by atoms with Gasteiger partial charge in [0.1, 0.15) is 0 Å². The van der Waals surface area contributed by atoms with Crippen LogP contribution >= 0.6 is 36.4 Å². The van der Waals surface area contributed by atoms with Gasteiger partial charge in [-0.15, -0.1) is 24.8 Å². The zero-order chi connectivity index (χ0) is 16.2. The molecule has 3 rings (SSSR count). The number of rotatable bonds is 4. The van der Waals surface area contributed by atoms with Gasteiger partial charge in [0.2, 0.25) is 5.91 Å². The first kappa shape index (κ1) is 22.5. The Labute approximate surface area is 168 Å². The average Bonchev–Trinajstić information content (AvgIpc) is 3.06. The van der Waals surface area contributed by atoms with Crippen molar-refractivity contribution in [2.45, 2.75) is 31.2 Å². The van der Waals surface area contributed by atoms with Gasteiger partial charge in [-0.25, -0.2) is 0 Å². The van der Waals surface area contributed by atoms with Crippen LogP contribution in [0.4, 0.5) is 0 Å². The molecule has 0 bridgehead atoms. The highest BCUT2D eigenvalue weighted by Crippen LogP contribution is 2.28. The number of hydrogen-bond acceptors (Lipinski definition) is 3. The van der Waals surface area contributed by atoms with Crippen molar-refractivity contribution in [3.63, 3.8) is 0 Å². The van der Waals surface area contributed by atoms with E-state index < -0.39 is 0 Å². The second kappa shape index (κ2) is 10.6. The molecule has 2 aliphatic heterocycles. The van der Waals surface area contributed by atoms with E-state index in [1.807, 2.05) is 23.1 Å². The van der Waals surface area contributed by atoms with Gasteiger partial charge in [0, 0.05) is 30.1 Å². The van der Waals surface area contributed by atoms with Crippen LogP contribution in [0.15, 0.2) is 24.3 Å². The highest BCUT2D eigenvalue weighted by molar-refractivity contribution is 6.30. The molecule has 25 heavy (non-hydrogen) atoms. The van der Waals surface area contributed by atoms with Crippen LogP contribution in [0.5, 0.6) is 0 Å². The summed E-state index contributed by atoms with van der Waals surface area (Å²) in [6, 6.07) is 8.57. The van der Waals surface area contributed by atoms with E-state index in [1.54, 1.807) is 0 Å². The third-order valence-electron chi connectivity index (χ3n) is 5.18. The van der Waals surface area contributed by atoms with E-state index in [1.165, 1.54) is 5.56 Å². The molecule has 2 fully saturated rings. The Bertz CT molecular complexity index is 552.